The second-order valence-electron chi connectivity index (χ2n) is 7.58. The topological polar surface area (TPSA) is 81.8 Å². The third-order valence-corrected chi connectivity index (χ3v) is 5.24. The van der Waals surface area contributed by atoms with Gasteiger partial charge in [-0.1, -0.05) is 24.3 Å². The number of benzene rings is 2. The number of carbonyl (C=O) groups is 3. The van der Waals surface area contributed by atoms with Crippen molar-refractivity contribution in [3.05, 3.63) is 65.4 Å². The number of hydrogen-bond donors (Lipinski definition) is 2. The van der Waals surface area contributed by atoms with Gasteiger partial charge in [0.05, 0.1) is 0 Å². The van der Waals surface area contributed by atoms with Gasteiger partial charge >= 0.3 is 6.03 Å². The summed E-state index contributed by atoms with van der Waals surface area (Å²) in [5.41, 5.74) is 3.76. The molecule has 4 rings (SSSR count). The number of nitrogens with one attached hydrogen (secondary N) is 2. The van der Waals surface area contributed by atoms with Crippen LogP contribution in [0.5, 0.6) is 0 Å². The summed E-state index contributed by atoms with van der Waals surface area (Å²) in [7, 11) is 0. The first kappa shape index (κ1) is 19.7. The van der Waals surface area contributed by atoms with E-state index in [1.54, 1.807) is 12.1 Å². The first-order valence-corrected chi connectivity index (χ1v) is 10.1. The molecule has 30 heavy (non-hydrogen) atoms. The van der Waals surface area contributed by atoms with Crippen LogP contribution in [0.15, 0.2) is 54.2 Å². The molecule has 7 nitrogen and oxygen atoms in total. The van der Waals surface area contributed by atoms with Gasteiger partial charge in [-0.05, 0) is 61.2 Å². The Morgan fingerprint density at radius 2 is 1.83 bits per heavy atom. The van der Waals surface area contributed by atoms with E-state index in [2.05, 4.69) is 15.5 Å². The predicted molar refractivity (Wildman–Crippen MR) is 116 cm³/mol. The fourth-order valence-electron chi connectivity index (χ4n) is 3.71. The van der Waals surface area contributed by atoms with Gasteiger partial charge in [-0.25, -0.2) is 9.69 Å². The molecular weight excluding hydrogens is 380 g/mol. The quantitative estimate of drug-likeness (QED) is 0.593. The lowest BCUT2D eigenvalue weighted by Crippen LogP contribution is -2.38. The maximum absolute atomic E-state index is 12.6. The molecule has 2 aliphatic heterocycles. The van der Waals surface area contributed by atoms with Crippen molar-refractivity contribution >= 4 is 35.3 Å². The van der Waals surface area contributed by atoms with E-state index in [4.69, 9.17) is 0 Å². The number of amides is 4. The molecule has 0 saturated carbocycles. The number of carbonyl (C=O) groups excluding carboxylic acids is 3. The molecule has 0 atom stereocenters. The zero-order chi connectivity index (χ0) is 21.1. The van der Waals surface area contributed by atoms with Crippen LogP contribution in [0.4, 0.5) is 16.2 Å². The number of anilines is 2. The van der Waals surface area contributed by atoms with Gasteiger partial charge in [0.15, 0.2) is 0 Å². The second-order valence-corrected chi connectivity index (χ2v) is 7.58. The minimum atomic E-state index is -0.598. The average molecular weight is 404 g/mol. The van der Waals surface area contributed by atoms with Crippen LogP contribution >= 0.6 is 0 Å². The number of urea groups is 1. The van der Waals surface area contributed by atoms with Crippen LogP contribution < -0.4 is 15.5 Å². The normalized spacial score (nSPS) is 17.6. The standard InChI is InChI=1S/C23H24N4O3/c1-16-5-4-6-18(13-16)24-21(28)15-27-22(29)20(25-23(27)30)14-17-7-9-19(10-8-17)26-11-2-3-12-26/h4-10,13-14H,2-3,11-12,15H2,1H3,(H,24,28)(H,25,30)/b20-14+. The lowest BCUT2D eigenvalue weighted by molar-refractivity contribution is -0.127. The summed E-state index contributed by atoms with van der Waals surface area (Å²) in [6.07, 6.45) is 4.05. The number of nitrogens with zero attached hydrogens (tertiary/aromatic N) is 2. The van der Waals surface area contributed by atoms with Crippen molar-refractivity contribution in [3.63, 3.8) is 0 Å². The molecule has 154 valence electrons. The highest BCUT2D eigenvalue weighted by molar-refractivity contribution is 6.15. The maximum atomic E-state index is 12.6. The van der Waals surface area contributed by atoms with Gasteiger partial charge in [-0.15, -0.1) is 0 Å². The summed E-state index contributed by atoms with van der Waals surface area (Å²) in [4.78, 5) is 40.4. The molecule has 0 aliphatic carbocycles. The molecule has 4 amide bonds. The molecule has 2 heterocycles. The lowest BCUT2D eigenvalue weighted by atomic mass is 10.1. The number of aryl methyl sites for hydroxylation is 1. The highest BCUT2D eigenvalue weighted by atomic mass is 16.2. The first-order chi connectivity index (χ1) is 14.5. The molecule has 2 aromatic carbocycles. The SMILES string of the molecule is Cc1cccc(NC(=O)CN2C(=O)N/C(=C/c3ccc(N4CCCC4)cc3)C2=O)c1. The Balaban J connectivity index is 1.41. The van der Waals surface area contributed by atoms with Gasteiger partial charge in [-0.2, -0.15) is 0 Å². The second kappa shape index (κ2) is 8.41. The van der Waals surface area contributed by atoms with E-state index in [1.807, 2.05) is 49.4 Å². The highest BCUT2D eigenvalue weighted by Gasteiger charge is 2.34. The van der Waals surface area contributed by atoms with Crippen molar-refractivity contribution in [2.24, 2.45) is 0 Å². The van der Waals surface area contributed by atoms with E-state index in [-0.39, 0.29) is 12.2 Å². The van der Waals surface area contributed by atoms with Gasteiger partial charge in [0.2, 0.25) is 5.91 Å². The minimum absolute atomic E-state index is 0.164. The first-order valence-electron chi connectivity index (χ1n) is 10.1. The van der Waals surface area contributed by atoms with Crippen molar-refractivity contribution in [1.82, 2.24) is 10.2 Å². The van der Waals surface area contributed by atoms with Crippen LogP contribution in [0.3, 0.4) is 0 Å². The van der Waals surface area contributed by atoms with E-state index in [1.165, 1.54) is 12.8 Å². The van der Waals surface area contributed by atoms with Crippen LogP contribution in [0.2, 0.25) is 0 Å². The van der Waals surface area contributed by atoms with E-state index in [0.29, 0.717) is 5.69 Å². The zero-order valence-electron chi connectivity index (χ0n) is 16.9. The molecule has 2 aliphatic rings. The van der Waals surface area contributed by atoms with Crippen LogP contribution in [-0.4, -0.2) is 42.4 Å². The lowest BCUT2D eigenvalue weighted by Gasteiger charge is -2.17. The average Bonchev–Trinajstić information content (AvgIpc) is 3.34. The number of imide groups is 1. The van der Waals surface area contributed by atoms with Crippen molar-refractivity contribution in [2.45, 2.75) is 19.8 Å². The van der Waals surface area contributed by atoms with Crippen LogP contribution in [-0.2, 0) is 9.59 Å². The van der Waals surface area contributed by atoms with E-state index < -0.39 is 17.8 Å². The summed E-state index contributed by atoms with van der Waals surface area (Å²) >= 11 is 0. The summed E-state index contributed by atoms with van der Waals surface area (Å²) < 4.78 is 0. The smallest absolute Gasteiger partial charge is 0.329 e. The van der Waals surface area contributed by atoms with Gasteiger partial charge in [-0.3, -0.25) is 9.59 Å². The Labute approximate surface area is 175 Å². The molecule has 0 aromatic heterocycles. The van der Waals surface area contributed by atoms with E-state index in [9.17, 15) is 14.4 Å². The molecule has 0 unspecified atom stereocenters. The summed E-state index contributed by atoms with van der Waals surface area (Å²) in [6, 6.07) is 14.6. The molecule has 2 N–H and O–H groups in total. The summed E-state index contributed by atoms with van der Waals surface area (Å²) in [6.45, 7) is 3.70. The highest BCUT2D eigenvalue weighted by Crippen LogP contribution is 2.22. The number of rotatable bonds is 5. The number of hydrogen-bond acceptors (Lipinski definition) is 4. The van der Waals surface area contributed by atoms with Gasteiger partial charge < -0.3 is 15.5 Å². The van der Waals surface area contributed by atoms with Gasteiger partial charge in [0.25, 0.3) is 5.91 Å². The summed E-state index contributed by atoms with van der Waals surface area (Å²) in [5.74, 6) is -0.941. The predicted octanol–water partition coefficient (Wildman–Crippen LogP) is 3.13. The van der Waals surface area contributed by atoms with Crippen LogP contribution in [0.1, 0.15) is 24.0 Å². The zero-order valence-corrected chi connectivity index (χ0v) is 16.9. The molecule has 2 fully saturated rings. The maximum Gasteiger partial charge on any atom is 0.329 e. The molecular formula is C23H24N4O3. The Hall–Kier alpha value is -3.61. The Bertz CT molecular complexity index is 1010. The van der Waals surface area contributed by atoms with Crippen LogP contribution in [0.25, 0.3) is 6.08 Å². The Morgan fingerprint density at radius 3 is 2.53 bits per heavy atom. The molecule has 0 bridgehead atoms. The fraction of sp³-hybridized carbons (Fsp3) is 0.261. The van der Waals surface area contributed by atoms with Crippen molar-refractivity contribution < 1.29 is 14.4 Å². The molecule has 0 spiro atoms. The molecule has 2 saturated heterocycles. The molecule has 0 radical (unpaired) electrons. The summed E-state index contributed by atoms with van der Waals surface area (Å²) in [5, 5.41) is 5.27. The monoisotopic (exact) mass is 404 g/mol. The third kappa shape index (κ3) is 4.35. The van der Waals surface area contributed by atoms with E-state index in [0.717, 1.165) is 34.8 Å². The van der Waals surface area contributed by atoms with Crippen LogP contribution in [0, 0.1) is 6.92 Å². The third-order valence-electron chi connectivity index (χ3n) is 5.24. The van der Waals surface area contributed by atoms with Gasteiger partial charge in [0, 0.05) is 24.5 Å². The Kier molecular flexibility index (Phi) is 5.52. The molecule has 7 heteroatoms. The van der Waals surface area contributed by atoms with E-state index >= 15 is 0 Å². The molecule has 2 aromatic rings. The Morgan fingerprint density at radius 1 is 1.10 bits per heavy atom. The van der Waals surface area contributed by atoms with Crippen molar-refractivity contribution in [2.75, 3.05) is 29.9 Å². The van der Waals surface area contributed by atoms with Gasteiger partial charge in [0.1, 0.15) is 12.2 Å². The minimum Gasteiger partial charge on any atom is -0.372 e. The van der Waals surface area contributed by atoms with Crippen molar-refractivity contribution in [3.8, 4) is 0 Å². The largest absolute Gasteiger partial charge is 0.372 e. The fourth-order valence-corrected chi connectivity index (χ4v) is 3.71. The van der Waals surface area contributed by atoms with Crippen molar-refractivity contribution in [1.29, 1.82) is 0 Å².